The van der Waals surface area contributed by atoms with E-state index in [1.165, 1.54) is 12.1 Å². The van der Waals surface area contributed by atoms with E-state index in [1.807, 2.05) is 0 Å². The third-order valence-electron chi connectivity index (χ3n) is 10.3. The van der Waals surface area contributed by atoms with Crippen molar-refractivity contribution in [1.82, 2.24) is 0 Å². The Morgan fingerprint density at radius 3 is 1.98 bits per heavy atom. The number of carboxylic acid groups (broad SMARTS) is 1. The Morgan fingerprint density at radius 2 is 1.39 bits per heavy atom. The van der Waals surface area contributed by atoms with Gasteiger partial charge in [-0.05, 0) is 57.4 Å². The van der Waals surface area contributed by atoms with Crippen LogP contribution in [0.3, 0.4) is 0 Å². The van der Waals surface area contributed by atoms with E-state index < -0.39 is 83.0 Å². The molecule has 2 aromatic carbocycles. The van der Waals surface area contributed by atoms with Crippen LogP contribution >= 0.6 is 24.1 Å². The zero-order chi connectivity index (χ0) is 49.3. The van der Waals surface area contributed by atoms with Crippen LogP contribution in [-0.2, 0) is 69.4 Å². The third kappa shape index (κ3) is 14.5. The van der Waals surface area contributed by atoms with Crippen molar-refractivity contribution in [3.63, 3.8) is 0 Å². The number of allylic oxidation sites excluding steroid dienone is 4. The number of carbonyl (C=O) groups is 3. The van der Waals surface area contributed by atoms with E-state index in [1.54, 1.807) is 61.5 Å². The number of benzene rings is 2. The molecule has 4 rings (SSSR count). The number of carbonyl (C=O) groups excluding carboxylic acids is 2. The third-order valence-corrected chi connectivity index (χ3v) is 13.8. The first-order valence-corrected chi connectivity index (χ1v) is 26.0. The van der Waals surface area contributed by atoms with Crippen LogP contribution in [0.1, 0.15) is 95.6 Å². The Labute approximate surface area is 388 Å². The van der Waals surface area contributed by atoms with Crippen LogP contribution in [0.15, 0.2) is 53.1 Å². The molecule has 0 fully saturated rings. The lowest BCUT2D eigenvalue weighted by molar-refractivity contribution is -0.437. The summed E-state index contributed by atoms with van der Waals surface area (Å²) in [6, 6.07) is 5.36. The van der Waals surface area contributed by atoms with Crippen molar-refractivity contribution in [1.29, 1.82) is 0 Å². The molecule has 0 amide bonds. The van der Waals surface area contributed by atoms with Crippen LogP contribution in [0.5, 0.6) is 0 Å². The van der Waals surface area contributed by atoms with E-state index in [9.17, 15) is 53.8 Å². The fourth-order valence-electron chi connectivity index (χ4n) is 7.72. The van der Waals surface area contributed by atoms with E-state index in [0.717, 1.165) is 18.1 Å². The average Bonchev–Trinajstić information content (AvgIpc) is 3.55. The van der Waals surface area contributed by atoms with Crippen LogP contribution in [0, 0.1) is 0 Å². The molecule has 0 bridgehead atoms. The summed E-state index contributed by atoms with van der Waals surface area (Å²) in [5, 5.41) is 34.6. The SMILES string of the molecule is CC1(C)C(/C=C/C=C2/N(CCCS(=O)(=O)O)c3cc(C(=O)O)cc(C(=O)OCCCS(=O)(=O)O)c3C2(C)C)=[N+](CCCS(=O)(=O)[O-])c2cc(SOOO)cc(C(=O)OCCCSOOO)c21. The first-order chi connectivity index (χ1) is 30.7. The molecule has 2 heterocycles. The number of ether oxygens (including phenoxy) is 2. The maximum absolute atomic E-state index is 13.8. The molecule has 28 heteroatoms. The van der Waals surface area contributed by atoms with E-state index in [-0.39, 0.29) is 84.0 Å². The summed E-state index contributed by atoms with van der Waals surface area (Å²) in [4.78, 5) is 41.6. The smallest absolute Gasteiger partial charge is 0.338 e. The molecular formula is C38H48N2O21S5. The van der Waals surface area contributed by atoms with Crippen molar-refractivity contribution in [2.24, 2.45) is 0 Å². The van der Waals surface area contributed by atoms with Gasteiger partial charge in [-0.2, -0.15) is 21.4 Å². The quantitative estimate of drug-likeness (QED) is 0.0162. The van der Waals surface area contributed by atoms with Crippen LogP contribution in [0.2, 0.25) is 0 Å². The Hall–Kier alpha value is -4.01. The minimum atomic E-state index is -4.67. The minimum Gasteiger partial charge on any atom is -0.748 e. The Kier molecular flexibility index (Phi) is 18.9. The average molecular weight is 1030 g/mol. The number of esters is 2. The molecule has 0 aliphatic carbocycles. The lowest BCUT2D eigenvalue weighted by Gasteiger charge is -2.27. The molecule has 0 aromatic heterocycles. The summed E-state index contributed by atoms with van der Waals surface area (Å²) in [5.41, 5.74) is -0.746. The number of hydrogen-bond acceptors (Lipinski definition) is 21. The van der Waals surface area contributed by atoms with Crippen LogP contribution in [0.25, 0.3) is 0 Å². The van der Waals surface area contributed by atoms with Gasteiger partial charge in [-0.3, -0.25) is 9.11 Å². The van der Waals surface area contributed by atoms with Gasteiger partial charge in [0.05, 0.1) is 74.5 Å². The Balaban J connectivity index is 1.89. The maximum atomic E-state index is 13.8. The zero-order valence-electron chi connectivity index (χ0n) is 35.7. The molecule has 366 valence electrons. The van der Waals surface area contributed by atoms with Gasteiger partial charge in [0.1, 0.15) is 6.54 Å². The van der Waals surface area contributed by atoms with Crippen molar-refractivity contribution in [2.45, 2.75) is 69.1 Å². The largest absolute Gasteiger partial charge is 0.748 e. The molecule has 0 saturated heterocycles. The highest BCUT2D eigenvalue weighted by Gasteiger charge is 2.48. The normalized spacial score (nSPS) is 16.3. The molecule has 0 radical (unpaired) electrons. The lowest BCUT2D eigenvalue weighted by Crippen LogP contribution is -2.30. The molecule has 0 spiro atoms. The number of rotatable bonds is 26. The molecule has 66 heavy (non-hydrogen) atoms. The van der Waals surface area contributed by atoms with Crippen molar-refractivity contribution in [3.05, 3.63) is 76.0 Å². The van der Waals surface area contributed by atoms with Gasteiger partial charge in [-0.1, -0.05) is 30.0 Å². The Bertz CT molecular complexity index is 2590. The monoisotopic (exact) mass is 1030 g/mol. The number of hydrogen-bond donors (Lipinski definition) is 5. The Morgan fingerprint density at radius 1 is 0.788 bits per heavy atom. The minimum absolute atomic E-state index is 0.0383. The molecule has 23 nitrogen and oxygen atoms in total. The summed E-state index contributed by atoms with van der Waals surface area (Å²) in [6.07, 6.45) is 4.47. The molecule has 0 unspecified atom stereocenters. The summed E-state index contributed by atoms with van der Waals surface area (Å²) in [5.74, 6) is -5.13. The summed E-state index contributed by atoms with van der Waals surface area (Å²) >= 11 is 1.28. The van der Waals surface area contributed by atoms with Crippen LogP contribution in [-0.4, -0.2) is 132 Å². The maximum Gasteiger partial charge on any atom is 0.338 e. The summed E-state index contributed by atoms with van der Waals surface area (Å²) < 4.78 is 121. The van der Waals surface area contributed by atoms with Gasteiger partial charge in [0.2, 0.25) is 5.69 Å². The van der Waals surface area contributed by atoms with Crippen LogP contribution < -0.4 is 4.90 Å². The van der Waals surface area contributed by atoms with Gasteiger partial charge < -0.3 is 24.0 Å². The van der Waals surface area contributed by atoms with Crippen molar-refractivity contribution >= 4 is 89.4 Å². The van der Waals surface area contributed by atoms with Crippen molar-refractivity contribution < 1.29 is 102 Å². The van der Waals surface area contributed by atoms with Crippen molar-refractivity contribution in [3.8, 4) is 0 Å². The number of fused-ring (bicyclic) bond motifs is 2. The highest BCUT2D eigenvalue weighted by Crippen LogP contribution is 2.51. The molecule has 5 N–H and O–H groups in total. The number of aromatic carboxylic acids is 1. The molecule has 2 aliphatic rings. The number of carboxylic acids is 1. The van der Waals surface area contributed by atoms with E-state index in [2.05, 4.69) is 18.7 Å². The first-order valence-electron chi connectivity index (χ1n) is 19.6. The van der Waals surface area contributed by atoms with E-state index >= 15 is 0 Å². The lowest BCUT2D eigenvalue weighted by atomic mass is 9.78. The number of anilines is 1. The summed E-state index contributed by atoms with van der Waals surface area (Å²) in [6.45, 7) is 6.16. The summed E-state index contributed by atoms with van der Waals surface area (Å²) in [7, 11) is -13.5. The fraction of sp³-hybridized carbons (Fsp3) is 0.474. The van der Waals surface area contributed by atoms with Gasteiger partial charge in [0.15, 0.2) is 5.71 Å². The number of nitrogens with zero attached hydrogens (tertiary/aromatic N) is 2. The molecule has 0 atom stereocenters. The second-order valence-electron chi connectivity index (χ2n) is 15.6. The zero-order valence-corrected chi connectivity index (χ0v) is 39.8. The van der Waals surface area contributed by atoms with Gasteiger partial charge >= 0.3 is 17.9 Å². The van der Waals surface area contributed by atoms with Crippen LogP contribution in [0.4, 0.5) is 11.4 Å². The van der Waals surface area contributed by atoms with E-state index in [4.69, 9.17) is 24.5 Å². The second kappa shape index (κ2) is 22.9. The molecular weight excluding hydrogens is 981 g/mol. The van der Waals surface area contributed by atoms with Gasteiger partial charge in [-0.25, -0.2) is 33.3 Å². The first kappa shape index (κ1) is 54.6. The fourth-order valence-corrected chi connectivity index (χ4v) is 9.96. The molecule has 2 aliphatic heterocycles. The predicted molar refractivity (Wildman–Crippen MR) is 235 cm³/mol. The van der Waals surface area contributed by atoms with Gasteiger partial charge in [0, 0.05) is 75.9 Å². The topological polar surface area (TPSA) is 339 Å². The molecule has 2 aromatic rings. The van der Waals surface area contributed by atoms with Gasteiger partial charge in [-0.15, -0.1) is 8.67 Å². The highest BCUT2D eigenvalue weighted by molar-refractivity contribution is 7.94. The predicted octanol–water partition coefficient (Wildman–Crippen LogP) is 4.69. The standard InChI is InChI=1S/C38H48N2O21S5/c1-37(2)30(39(12-6-17-64(47,48)49)28-21-24(34(41)42)20-26(32(28)37)35(43)57-15-9-19-66(53,54)55)10-5-11-31-38(3,4)33-27(36(44)56-14-8-16-62-60-58-45)22-25(63-61-59-46)23-29(33)40(31)13-7-18-65(50,51)52/h5,10-11,20-23H,6-9,12-19H2,1-4H3,(H5-,41,42,45,46,47,48,49,50,51,52,53,54,55). The van der Waals surface area contributed by atoms with Gasteiger partial charge in [0.25, 0.3) is 20.2 Å². The van der Waals surface area contributed by atoms with Crippen molar-refractivity contribution in [2.75, 3.05) is 54.2 Å². The highest BCUT2D eigenvalue weighted by atomic mass is 32.2. The second-order valence-corrected chi connectivity index (χ2v) is 21.9. The van der Waals surface area contributed by atoms with E-state index in [0.29, 0.717) is 34.7 Å². The molecule has 0 saturated carbocycles.